The summed E-state index contributed by atoms with van der Waals surface area (Å²) in [6.07, 6.45) is 1.23. The van der Waals surface area contributed by atoms with Crippen molar-refractivity contribution in [2.24, 2.45) is 11.7 Å². The molecule has 94 valence electrons. The highest BCUT2D eigenvalue weighted by atomic mass is 16.5. The van der Waals surface area contributed by atoms with Gasteiger partial charge >= 0.3 is 0 Å². The van der Waals surface area contributed by atoms with Crippen molar-refractivity contribution in [1.82, 2.24) is 0 Å². The van der Waals surface area contributed by atoms with Gasteiger partial charge in [0.05, 0.1) is 6.61 Å². The van der Waals surface area contributed by atoms with Crippen LogP contribution < -0.4 is 10.6 Å². The summed E-state index contributed by atoms with van der Waals surface area (Å²) in [5.41, 5.74) is 9.53. The maximum atomic E-state index is 5.65. The second-order valence-corrected chi connectivity index (χ2v) is 4.88. The average Bonchev–Trinajstić information content (AvgIpc) is 2.78. The lowest BCUT2D eigenvalue weighted by molar-refractivity contribution is 0.161. The molecule has 2 rings (SSSR count). The molecule has 1 atom stereocenters. The Labute approximate surface area is 104 Å². The SMILES string of the molecule is COCC1CCN(c2ccc(CN)cc2C)C1. The Bertz CT molecular complexity index is 378. The van der Waals surface area contributed by atoms with E-state index in [9.17, 15) is 0 Å². The van der Waals surface area contributed by atoms with E-state index in [0.717, 1.165) is 19.7 Å². The van der Waals surface area contributed by atoms with Gasteiger partial charge in [0.15, 0.2) is 0 Å². The normalized spacial score (nSPS) is 19.9. The van der Waals surface area contributed by atoms with E-state index >= 15 is 0 Å². The summed E-state index contributed by atoms with van der Waals surface area (Å²) < 4.78 is 5.23. The maximum Gasteiger partial charge on any atom is 0.0508 e. The van der Waals surface area contributed by atoms with Gasteiger partial charge in [-0.15, -0.1) is 0 Å². The summed E-state index contributed by atoms with van der Waals surface area (Å²) in [5, 5.41) is 0. The first kappa shape index (κ1) is 12.4. The molecular weight excluding hydrogens is 212 g/mol. The van der Waals surface area contributed by atoms with Crippen molar-refractivity contribution >= 4 is 5.69 Å². The van der Waals surface area contributed by atoms with Crippen molar-refractivity contribution in [2.45, 2.75) is 19.9 Å². The van der Waals surface area contributed by atoms with Crippen LogP contribution in [0.1, 0.15) is 17.5 Å². The minimum atomic E-state index is 0.618. The highest BCUT2D eigenvalue weighted by molar-refractivity contribution is 5.55. The fourth-order valence-corrected chi connectivity index (χ4v) is 2.62. The minimum absolute atomic E-state index is 0.618. The van der Waals surface area contributed by atoms with E-state index in [2.05, 4.69) is 30.0 Å². The van der Waals surface area contributed by atoms with Crippen LogP contribution in [0.15, 0.2) is 18.2 Å². The van der Waals surface area contributed by atoms with E-state index in [-0.39, 0.29) is 0 Å². The molecular formula is C14H22N2O. The molecule has 0 aliphatic carbocycles. The Hall–Kier alpha value is -1.06. The zero-order chi connectivity index (χ0) is 12.3. The molecule has 1 fully saturated rings. The fraction of sp³-hybridized carbons (Fsp3) is 0.571. The molecule has 0 spiro atoms. The Kier molecular flexibility index (Phi) is 4.02. The Morgan fingerprint density at radius 1 is 1.47 bits per heavy atom. The predicted octanol–water partition coefficient (Wildman–Crippen LogP) is 1.93. The number of nitrogens with two attached hydrogens (primary N) is 1. The molecule has 1 aliphatic rings. The quantitative estimate of drug-likeness (QED) is 0.865. The van der Waals surface area contributed by atoms with Crippen LogP contribution >= 0.6 is 0 Å². The second kappa shape index (κ2) is 5.52. The van der Waals surface area contributed by atoms with Crippen molar-refractivity contribution in [1.29, 1.82) is 0 Å². The van der Waals surface area contributed by atoms with Gasteiger partial charge in [-0.25, -0.2) is 0 Å². The highest BCUT2D eigenvalue weighted by Gasteiger charge is 2.23. The number of hydrogen-bond acceptors (Lipinski definition) is 3. The van der Waals surface area contributed by atoms with Crippen molar-refractivity contribution in [2.75, 3.05) is 31.7 Å². The maximum absolute atomic E-state index is 5.65. The first-order chi connectivity index (χ1) is 8.24. The summed E-state index contributed by atoms with van der Waals surface area (Å²) in [6, 6.07) is 6.53. The van der Waals surface area contributed by atoms with E-state index in [1.165, 1.54) is 23.2 Å². The van der Waals surface area contributed by atoms with Crippen LogP contribution in [0.2, 0.25) is 0 Å². The van der Waals surface area contributed by atoms with Crippen molar-refractivity contribution in [3.05, 3.63) is 29.3 Å². The lowest BCUT2D eigenvalue weighted by atomic mass is 10.1. The van der Waals surface area contributed by atoms with Crippen molar-refractivity contribution in [3.63, 3.8) is 0 Å². The lowest BCUT2D eigenvalue weighted by Crippen LogP contribution is -2.21. The van der Waals surface area contributed by atoms with Gasteiger partial charge in [0.25, 0.3) is 0 Å². The minimum Gasteiger partial charge on any atom is -0.384 e. The molecule has 0 aromatic heterocycles. The summed E-state index contributed by atoms with van der Waals surface area (Å²) in [5.74, 6) is 0.675. The number of methoxy groups -OCH3 is 1. The zero-order valence-electron chi connectivity index (χ0n) is 10.8. The first-order valence-corrected chi connectivity index (χ1v) is 6.28. The number of aryl methyl sites for hydroxylation is 1. The zero-order valence-corrected chi connectivity index (χ0v) is 10.8. The third-order valence-corrected chi connectivity index (χ3v) is 3.53. The first-order valence-electron chi connectivity index (χ1n) is 6.28. The third kappa shape index (κ3) is 2.79. The van der Waals surface area contributed by atoms with Gasteiger partial charge in [-0.1, -0.05) is 12.1 Å². The van der Waals surface area contributed by atoms with Crippen LogP contribution in [0, 0.1) is 12.8 Å². The number of hydrogen-bond donors (Lipinski definition) is 1. The summed E-state index contributed by atoms with van der Waals surface area (Å²) in [4.78, 5) is 2.46. The lowest BCUT2D eigenvalue weighted by Gasteiger charge is -2.21. The fourth-order valence-electron chi connectivity index (χ4n) is 2.62. The molecule has 1 unspecified atom stereocenters. The number of rotatable bonds is 4. The molecule has 0 amide bonds. The molecule has 0 bridgehead atoms. The van der Waals surface area contributed by atoms with E-state index in [1.807, 2.05) is 0 Å². The number of anilines is 1. The monoisotopic (exact) mass is 234 g/mol. The standard InChI is InChI=1S/C14H22N2O/c1-11-7-12(8-15)3-4-14(11)16-6-5-13(9-16)10-17-2/h3-4,7,13H,5-6,8-10,15H2,1-2H3. The predicted molar refractivity (Wildman–Crippen MR) is 71.3 cm³/mol. The summed E-state index contributed by atoms with van der Waals surface area (Å²) in [7, 11) is 1.78. The van der Waals surface area contributed by atoms with Crippen LogP contribution in [0.4, 0.5) is 5.69 Å². The van der Waals surface area contributed by atoms with Crippen molar-refractivity contribution < 1.29 is 4.74 Å². The van der Waals surface area contributed by atoms with Crippen LogP contribution in [0.3, 0.4) is 0 Å². The number of nitrogens with zero attached hydrogens (tertiary/aromatic N) is 1. The van der Waals surface area contributed by atoms with Crippen LogP contribution in [-0.4, -0.2) is 26.8 Å². The Morgan fingerprint density at radius 2 is 2.29 bits per heavy atom. The van der Waals surface area contributed by atoms with Gasteiger partial charge in [0.1, 0.15) is 0 Å². The molecule has 1 heterocycles. The molecule has 17 heavy (non-hydrogen) atoms. The van der Waals surface area contributed by atoms with Gasteiger partial charge in [-0.05, 0) is 30.5 Å². The molecule has 2 N–H and O–H groups in total. The molecule has 0 radical (unpaired) electrons. The Balaban J connectivity index is 2.08. The number of benzene rings is 1. The van der Waals surface area contributed by atoms with E-state index < -0.39 is 0 Å². The average molecular weight is 234 g/mol. The van der Waals surface area contributed by atoms with Crippen LogP contribution in [0.25, 0.3) is 0 Å². The van der Waals surface area contributed by atoms with Crippen LogP contribution in [0.5, 0.6) is 0 Å². The molecule has 1 saturated heterocycles. The van der Waals surface area contributed by atoms with Gasteiger partial charge < -0.3 is 15.4 Å². The van der Waals surface area contributed by atoms with E-state index in [0.29, 0.717) is 12.5 Å². The highest BCUT2D eigenvalue weighted by Crippen LogP contribution is 2.27. The Morgan fingerprint density at radius 3 is 2.94 bits per heavy atom. The summed E-state index contributed by atoms with van der Waals surface area (Å²) in [6.45, 7) is 5.90. The molecule has 3 heteroatoms. The van der Waals surface area contributed by atoms with Crippen LogP contribution in [-0.2, 0) is 11.3 Å². The molecule has 1 aliphatic heterocycles. The van der Waals surface area contributed by atoms with Gasteiger partial charge in [-0.2, -0.15) is 0 Å². The largest absolute Gasteiger partial charge is 0.384 e. The molecule has 0 saturated carbocycles. The molecule has 1 aromatic carbocycles. The van der Waals surface area contributed by atoms with Gasteiger partial charge in [0, 0.05) is 38.3 Å². The third-order valence-electron chi connectivity index (χ3n) is 3.53. The topological polar surface area (TPSA) is 38.5 Å². The smallest absolute Gasteiger partial charge is 0.0508 e. The van der Waals surface area contributed by atoms with Gasteiger partial charge in [-0.3, -0.25) is 0 Å². The van der Waals surface area contributed by atoms with Gasteiger partial charge in [0.2, 0.25) is 0 Å². The molecule has 3 nitrogen and oxygen atoms in total. The second-order valence-electron chi connectivity index (χ2n) is 4.88. The number of ether oxygens (including phenoxy) is 1. The van der Waals surface area contributed by atoms with Crippen molar-refractivity contribution in [3.8, 4) is 0 Å². The van der Waals surface area contributed by atoms with E-state index in [4.69, 9.17) is 10.5 Å². The summed E-state index contributed by atoms with van der Waals surface area (Å²) >= 11 is 0. The van der Waals surface area contributed by atoms with E-state index in [1.54, 1.807) is 7.11 Å². The molecule has 1 aromatic rings.